The first-order chi connectivity index (χ1) is 12.6. The van der Waals surface area contributed by atoms with E-state index in [1.165, 1.54) is 10.9 Å². The molecular weight excluding hydrogens is 324 g/mol. The molecule has 2 aliphatic rings. The quantitative estimate of drug-likeness (QED) is 0.919. The van der Waals surface area contributed by atoms with E-state index in [1.54, 1.807) is 0 Å². The first kappa shape index (κ1) is 17.3. The molecule has 0 bridgehead atoms. The number of likely N-dealkylation sites (tertiary alicyclic amines) is 2. The van der Waals surface area contributed by atoms with Crippen molar-refractivity contribution < 1.29 is 4.79 Å². The lowest BCUT2D eigenvalue weighted by atomic mass is 10.1. The smallest absolute Gasteiger partial charge is 0.236 e. The third-order valence-electron chi connectivity index (χ3n) is 5.69. The number of anilines is 1. The number of nitrogens with zero attached hydrogens (tertiary/aromatic N) is 3. The Hall–Kier alpha value is -2.14. The van der Waals surface area contributed by atoms with Crippen LogP contribution in [-0.4, -0.2) is 59.0 Å². The van der Waals surface area contributed by atoms with E-state index in [9.17, 15) is 4.79 Å². The van der Waals surface area contributed by atoms with Crippen LogP contribution in [0.1, 0.15) is 31.7 Å². The molecule has 5 heteroatoms. The molecule has 26 heavy (non-hydrogen) atoms. The largest absolute Gasteiger partial charge is 0.381 e. The zero-order valence-corrected chi connectivity index (χ0v) is 15.7. The Morgan fingerprint density at radius 1 is 1.27 bits per heavy atom. The van der Waals surface area contributed by atoms with Crippen LogP contribution in [0.15, 0.2) is 30.5 Å². The minimum atomic E-state index is 0.294. The zero-order valence-electron chi connectivity index (χ0n) is 15.7. The molecule has 4 rings (SSSR count). The molecule has 3 heterocycles. The van der Waals surface area contributed by atoms with E-state index in [4.69, 9.17) is 0 Å². The summed E-state index contributed by atoms with van der Waals surface area (Å²) in [6.07, 6.45) is 5.27. The van der Waals surface area contributed by atoms with Crippen LogP contribution in [0.5, 0.6) is 0 Å². The molecule has 1 amide bonds. The Bertz CT molecular complexity index is 806. The first-order valence-electron chi connectivity index (χ1n) is 9.73. The van der Waals surface area contributed by atoms with Crippen LogP contribution in [0.4, 0.5) is 5.69 Å². The van der Waals surface area contributed by atoms with Crippen LogP contribution in [0.25, 0.3) is 10.9 Å². The van der Waals surface area contributed by atoms with Gasteiger partial charge in [0.25, 0.3) is 0 Å². The summed E-state index contributed by atoms with van der Waals surface area (Å²) in [4.78, 5) is 21.3. The summed E-state index contributed by atoms with van der Waals surface area (Å²) >= 11 is 0. The Labute approximate surface area is 155 Å². The molecule has 1 N–H and O–H groups in total. The number of hydrogen-bond acceptors (Lipinski definition) is 4. The van der Waals surface area contributed by atoms with Crippen LogP contribution in [0.2, 0.25) is 0 Å². The summed E-state index contributed by atoms with van der Waals surface area (Å²) in [6, 6.07) is 9.33. The first-order valence-corrected chi connectivity index (χ1v) is 9.73. The van der Waals surface area contributed by atoms with Crippen LogP contribution >= 0.6 is 0 Å². The van der Waals surface area contributed by atoms with Crippen molar-refractivity contribution in [3.8, 4) is 0 Å². The summed E-state index contributed by atoms with van der Waals surface area (Å²) in [7, 11) is 0. The van der Waals surface area contributed by atoms with Crippen molar-refractivity contribution in [1.29, 1.82) is 0 Å². The van der Waals surface area contributed by atoms with E-state index in [-0.39, 0.29) is 0 Å². The number of carbonyl (C=O) groups excluding carboxylic acids is 1. The van der Waals surface area contributed by atoms with Gasteiger partial charge >= 0.3 is 0 Å². The van der Waals surface area contributed by atoms with Gasteiger partial charge in [0.2, 0.25) is 5.91 Å². The van der Waals surface area contributed by atoms with E-state index in [1.807, 2.05) is 6.20 Å². The minimum Gasteiger partial charge on any atom is -0.381 e. The van der Waals surface area contributed by atoms with Gasteiger partial charge in [-0.15, -0.1) is 0 Å². The molecule has 2 atom stereocenters. The number of amides is 1. The lowest BCUT2D eigenvalue weighted by Crippen LogP contribution is -2.41. The van der Waals surface area contributed by atoms with Gasteiger partial charge in [-0.3, -0.25) is 14.7 Å². The molecule has 0 saturated carbocycles. The third-order valence-corrected chi connectivity index (χ3v) is 5.69. The van der Waals surface area contributed by atoms with Gasteiger partial charge in [0, 0.05) is 49.0 Å². The van der Waals surface area contributed by atoms with E-state index < -0.39 is 0 Å². The topological polar surface area (TPSA) is 48.5 Å². The molecule has 2 fully saturated rings. The molecular formula is C21H28N4O. The summed E-state index contributed by atoms with van der Waals surface area (Å²) in [5, 5.41) is 4.81. The van der Waals surface area contributed by atoms with Crippen LogP contribution < -0.4 is 5.32 Å². The van der Waals surface area contributed by atoms with Crippen molar-refractivity contribution in [1.82, 2.24) is 14.8 Å². The second-order valence-electron chi connectivity index (χ2n) is 7.86. The van der Waals surface area contributed by atoms with E-state index in [2.05, 4.69) is 58.2 Å². The highest BCUT2D eigenvalue weighted by molar-refractivity contribution is 5.82. The fraction of sp³-hybridized carbons (Fsp3) is 0.524. The normalized spacial score (nSPS) is 23.7. The van der Waals surface area contributed by atoms with Gasteiger partial charge < -0.3 is 10.2 Å². The van der Waals surface area contributed by atoms with E-state index >= 15 is 0 Å². The number of aryl methyl sites for hydroxylation is 1. The van der Waals surface area contributed by atoms with Crippen molar-refractivity contribution in [2.45, 2.75) is 45.2 Å². The van der Waals surface area contributed by atoms with Crippen LogP contribution in [0, 0.1) is 6.92 Å². The van der Waals surface area contributed by atoms with Gasteiger partial charge in [0.1, 0.15) is 0 Å². The molecule has 0 aliphatic carbocycles. The standard InChI is InChI=1S/C21H28N4O/c1-15-10-17-11-18(5-6-20(17)22-12-15)23-19-7-9-24(13-19)14-21(26)25-8-3-4-16(25)2/h5-6,10-12,16,19,23H,3-4,7-9,13-14H2,1-2H3/t16-,19-/m1/s1. The molecule has 2 aromatic rings. The zero-order chi connectivity index (χ0) is 18.1. The number of hydrogen-bond donors (Lipinski definition) is 1. The summed E-state index contributed by atoms with van der Waals surface area (Å²) in [5.41, 5.74) is 3.34. The minimum absolute atomic E-state index is 0.294. The Morgan fingerprint density at radius 2 is 2.15 bits per heavy atom. The van der Waals surface area contributed by atoms with Gasteiger partial charge in [-0.2, -0.15) is 0 Å². The molecule has 2 saturated heterocycles. The maximum absolute atomic E-state index is 12.5. The van der Waals surface area contributed by atoms with Crippen molar-refractivity contribution in [3.05, 3.63) is 36.0 Å². The van der Waals surface area contributed by atoms with Gasteiger partial charge in [0.15, 0.2) is 0 Å². The molecule has 1 aromatic heterocycles. The number of pyridine rings is 1. The van der Waals surface area contributed by atoms with Crippen molar-refractivity contribution in [2.24, 2.45) is 0 Å². The predicted molar refractivity (Wildman–Crippen MR) is 105 cm³/mol. The monoisotopic (exact) mass is 352 g/mol. The highest BCUT2D eigenvalue weighted by atomic mass is 16.2. The molecule has 1 aromatic carbocycles. The summed E-state index contributed by atoms with van der Waals surface area (Å²) in [6.45, 7) is 7.64. The fourth-order valence-corrected chi connectivity index (χ4v) is 4.25. The second kappa shape index (κ2) is 7.23. The van der Waals surface area contributed by atoms with Crippen LogP contribution in [0.3, 0.4) is 0 Å². The highest BCUT2D eigenvalue weighted by Crippen LogP contribution is 2.22. The molecule has 5 nitrogen and oxygen atoms in total. The van der Waals surface area contributed by atoms with Crippen LogP contribution in [-0.2, 0) is 4.79 Å². The maximum Gasteiger partial charge on any atom is 0.236 e. The Morgan fingerprint density at radius 3 is 2.96 bits per heavy atom. The number of nitrogens with one attached hydrogen (secondary N) is 1. The predicted octanol–water partition coefficient (Wildman–Crippen LogP) is 3.04. The SMILES string of the molecule is Cc1cnc2ccc(N[C@@H]3CCN(CC(=O)N4CCC[C@H]4C)C3)cc2c1. The van der Waals surface area contributed by atoms with Gasteiger partial charge in [0.05, 0.1) is 12.1 Å². The number of aromatic nitrogens is 1. The van der Waals surface area contributed by atoms with Crippen molar-refractivity contribution in [3.63, 3.8) is 0 Å². The average molecular weight is 352 g/mol. The third kappa shape index (κ3) is 3.68. The number of rotatable bonds is 4. The summed E-state index contributed by atoms with van der Waals surface area (Å²) in [5.74, 6) is 0.294. The molecule has 0 spiro atoms. The molecule has 0 unspecified atom stereocenters. The van der Waals surface area contributed by atoms with Crippen molar-refractivity contribution in [2.75, 3.05) is 31.5 Å². The second-order valence-corrected chi connectivity index (χ2v) is 7.86. The number of benzene rings is 1. The van der Waals surface area contributed by atoms with Gasteiger partial charge in [-0.05, 0) is 62.9 Å². The Kier molecular flexibility index (Phi) is 4.81. The Balaban J connectivity index is 1.35. The average Bonchev–Trinajstić information content (AvgIpc) is 3.23. The van der Waals surface area contributed by atoms with Crippen molar-refractivity contribution >= 4 is 22.5 Å². The fourth-order valence-electron chi connectivity index (χ4n) is 4.25. The summed E-state index contributed by atoms with van der Waals surface area (Å²) < 4.78 is 0. The van der Waals surface area contributed by atoms with Gasteiger partial charge in [-0.25, -0.2) is 0 Å². The molecule has 2 aliphatic heterocycles. The van der Waals surface area contributed by atoms with E-state index in [0.29, 0.717) is 24.5 Å². The lowest BCUT2D eigenvalue weighted by molar-refractivity contribution is -0.132. The highest BCUT2D eigenvalue weighted by Gasteiger charge is 2.29. The van der Waals surface area contributed by atoms with E-state index in [0.717, 1.165) is 50.1 Å². The number of fused-ring (bicyclic) bond motifs is 1. The maximum atomic E-state index is 12.5. The van der Waals surface area contributed by atoms with Gasteiger partial charge in [-0.1, -0.05) is 0 Å². The number of carbonyl (C=O) groups is 1. The molecule has 0 radical (unpaired) electrons. The lowest BCUT2D eigenvalue weighted by Gasteiger charge is -2.24. The molecule has 138 valence electrons.